The topological polar surface area (TPSA) is 58.1 Å². The second kappa shape index (κ2) is 8.25. The molecule has 0 spiro atoms. The summed E-state index contributed by atoms with van der Waals surface area (Å²) < 4.78 is 0. The van der Waals surface area contributed by atoms with Crippen molar-refractivity contribution in [3.05, 3.63) is 83.9 Å². The zero-order valence-corrected chi connectivity index (χ0v) is 15.0. The summed E-state index contributed by atoms with van der Waals surface area (Å²) in [7, 11) is 0. The molecule has 3 aromatic rings. The minimum absolute atomic E-state index is 0.102. The first-order chi connectivity index (χ1) is 12.7. The normalized spacial score (nSPS) is 10.4. The van der Waals surface area contributed by atoms with Crippen LogP contribution in [0.3, 0.4) is 0 Å². The molecule has 2 heterocycles. The lowest BCUT2D eigenvalue weighted by atomic mass is 10.2. The van der Waals surface area contributed by atoms with Gasteiger partial charge in [-0.3, -0.25) is 9.78 Å². The second-order valence-electron chi connectivity index (χ2n) is 6.00. The Balaban J connectivity index is 1.69. The van der Waals surface area contributed by atoms with E-state index in [0.717, 1.165) is 22.6 Å². The maximum Gasteiger partial charge on any atom is 0.276 e. The lowest BCUT2D eigenvalue weighted by Gasteiger charge is -2.21. The van der Waals surface area contributed by atoms with Gasteiger partial charge >= 0.3 is 0 Å². The van der Waals surface area contributed by atoms with Crippen molar-refractivity contribution in [1.29, 1.82) is 0 Å². The summed E-state index contributed by atoms with van der Waals surface area (Å²) in [6.07, 6.45) is 3.45. The molecule has 5 nitrogen and oxygen atoms in total. The summed E-state index contributed by atoms with van der Waals surface area (Å²) in [5.74, 6) is -0.102. The van der Waals surface area contributed by atoms with Crippen LogP contribution in [0.1, 0.15) is 28.7 Å². The summed E-state index contributed by atoms with van der Waals surface area (Å²) >= 11 is 0. The number of carbonyl (C=O) groups is 1. The number of hydrogen-bond donors (Lipinski definition) is 1. The Morgan fingerprint density at radius 3 is 2.62 bits per heavy atom. The first kappa shape index (κ1) is 17.6. The maximum atomic E-state index is 12.8. The van der Waals surface area contributed by atoms with Gasteiger partial charge in [0.05, 0.1) is 24.1 Å². The standard InChI is InChI=1S/C21H22N4O/c1-3-25(19-9-6-7-16(2)13-19)21(26)20-11-10-18(15-24-20)23-14-17-8-4-5-12-22-17/h4-13,15,23H,3,14H2,1-2H3. The molecule has 0 aliphatic rings. The Morgan fingerprint density at radius 1 is 1.08 bits per heavy atom. The fourth-order valence-corrected chi connectivity index (χ4v) is 2.70. The molecule has 132 valence electrons. The van der Waals surface area contributed by atoms with Crippen LogP contribution in [0.2, 0.25) is 0 Å². The van der Waals surface area contributed by atoms with E-state index in [1.165, 1.54) is 0 Å². The van der Waals surface area contributed by atoms with Crippen LogP contribution < -0.4 is 10.2 Å². The Bertz CT molecular complexity index is 863. The molecule has 0 unspecified atom stereocenters. The quantitative estimate of drug-likeness (QED) is 0.731. The van der Waals surface area contributed by atoms with E-state index < -0.39 is 0 Å². The Hall–Kier alpha value is -3.21. The van der Waals surface area contributed by atoms with Crippen LogP contribution in [0, 0.1) is 6.92 Å². The summed E-state index contributed by atoms with van der Waals surface area (Å²) in [5, 5.41) is 3.26. The fraction of sp³-hybridized carbons (Fsp3) is 0.190. The van der Waals surface area contributed by atoms with E-state index in [1.807, 2.05) is 62.4 Å². The first-order valence-electron chi connectivity index (χ1n) is 8.65. The highest BCUT2D eigenvalue weighted by Gasteiger charge is 2.17. The fourth-order valence-electron chi connectivity index (χ4n) is 2.70. The average Bonchev–Trinajstić information content (AvgIpc) is 2.68. The van der Waals surface area contributed by atoms with Crippen LogP contribution in [0.4, 0.5) is 11.4 Å². The molecule has 0 bridgehead atoms. The predicted molar refractivity (Wildman–Crippen MR) is 104 cm³/mol. The molecule has 1 aromatic carbocycles. The van der Waals surface area contributed by atoms with Gasteiger partial charge < -0.3 is 10.2 Å². The molecule has 0 saturated heterocycles. The number of nitrogens with one attached hydrogen (secondary N) is 1. The van der Waals surface area contributed by atoms with Crippen molar-refractivity contribution in [3.63, 3.8) is 0 Å². The average molecular weight is 346 g/mol. The van der Waals surface area contributed by atoms with Crippen LogP contribution >= 0.6 is 0 Å². The second-order valence-corrected chi connectivity index (χ2v) is 6.00. The summed E-state index contributed by atoms with van der Waals surface area (Å²) in [6, 6.07) is 17.3. The number of pyridine rings is 2. The highest BCUT2D eigenvalue weighted by atomic mass is 16.2. The molecule has 2 aromatic heterocycles. The molecule has 0 atom stereocenters. The minimum atomic E-state index is -0.102. The van der Waals surface area contributed by atoms with E-state index in [9.17, 15) is 4.79 Å². The SMILES string of the molecule is CCN(C(=O)c1ccc(NCc2ccccn2)cn1)c1cccc(C)c1. The molecule has 26 heavy (non-hydrogen) atoms. The smallest absolute Gasteiger partial charge is 0.276 e. The van der Waals surface area contributed by atoms with Crippen LogP contribution in [0.5, 0.6) is 0 Å². The summed E-state index contributed by atoms with van der Waals surface area (Å²) in [6.45, 7) is 5.18. The summed E-state index contributed by atoms with van der Waals surface area (Å²) in [5.41, 5.74) is 4.24. The molecule has 0 aliphatic heterocycles. The van der Waals surface area contributed by atoms with Gasteiger partial charge in [0.25, 0.3) is 5.91 Å². The van der Waals surface area contributed by atoms with Crippen LogP contribution in [-0.2, 0) is 6.54 Å². The molecular weight excluding hydrogens is 324 g/mol. The van der Waals surface area contributed by atoms with Crippen LogP contribution in [-0.4, -0.2) is 22.4 Å². The largest absolute Gasteiger partial charge is 0.378 e. The number of aromatic nitrogens is 2. The molecule has 0 radical (unpaired) electrons. The number of hydrogen-bond acceptors (Lipinski definition) is 4. The Kier molecular flexibility index (Phi) is 5.59. The molecule has 0 fully saturated rings. The molecule has 3 rings (SSSR count). The highest BCUT2D eigenvalue weighted by molar-refractivity contribution is 6.04. The van der Waals surface area contributed by atoms with E-state index in [4.69, 9.17) is 0 Å². The number of anilines is 2. The molecule has 1 N–H and O–H groups in total. The lowest BCUT2D eigenvalue weighted by Crippen LogP contribution is -2.31. The number of nitrogens with zero attached hydrogens (tertiary/aromatic N) is 3. The van der Waals surface area contributed by atoms with Gasteiger partial charge in [-0.1, -0.05) is 18.2 Å². The van der Waals surface area contributed by atoms with Gasteiger partial charge in [0.1, 0.15) is 5.69 Å². The van der Waals surface area contributed by atoms with Gasteiger partial charge in [0.2, 0.25) is 0 Å². The van der Waals surface area contributed by atoms with Crippen molar-refractivity contribution in [2.75, 3.05) is 16.8 Å². The molecular formula is C21H22N4O. The monoisotopic (exact) mass is 346 g/mol. The zero-order valence-electron chi connectivity index (χ0n) is 15.0. The first-order valence-corrected chi connectivity index (χ1v) is 8.65. The number of rotatable bonds is 6. The van der Waals surface area contributed by atoms with Crippen molar-refractivity contribution < 1.29 is 4.79 Å². The molecule has 5 heteroatoms. The minimum Gasteiger partial charge on any atom is -0.378 e. The van der Waals surface area contributed by atoms with Crippen molar-refractivity contribution in [1.82, 2.24) is 9.97 Å². The van der Waals surface area contributed by atoms with Gasteiger partial charge in [-0.05, 0) is 55.8 Å². The third-order valence-corrected chi connectivity index (χ3v) is 4.06. The number of aryl methyl sites for hydroxylation is 1. The van der Waals surface area contributed by atoms with Crippen molar-refractivity contribution >= 4 is 17.3 Å². The van der Waals surface area contributed by atoms with Crippen molar-refractivity contribution in [2.24, 2.45) is 0 Å². The van der Waals surface area contributed by atoms with Crippen molar-refractivity contribution in [2.45, 2.75) is 20.4 Å². The Labute approximate surface area is 153 Å². The van der Waals surface area contributed by atoms with Gasteiger partial charge in [0, 0.05) is 18.4 Å². The number of benzene rings is 1. The zero-order chi connectivity index (χ0) is 18.4. The molecule has 0 saturated carbocycles. The van der Waals surface area contributed by atoms with E-state index in [0.29, 0.717) is 18.8 Å². The number of amides is 1. The van der Waals surface area contributed by atoms with E-state index in [-0.39, 0.29) is 5.91 Å². The third kappa shape index (κ3) is 4.25. The van der Waals surface area contributed by atoms with Gasteiger partial charge in [-0.25, -0.2) is 4.98 Å². The van der Waals surface area contributed by atoms with Gasteiger partial charge in [0.15, 0.2) is 0 Å². The van der Waals surface area contributed by atoms with Crippen molar-refractivity contribution in [3.8, 4) is 0 Å². The van der Waals surface area contributed by atoms with Crippen LogP contribution in [0.25, 0.3) is 0 Å². The lowest BCUT2D eigenvalue weighted by molar-refractivity contribution is 0.0983. The summed E-state index contributed by atoms with van der Waals surface area (Å²) in [4.78, 5) is 23.1. The Morgan fingerprint density at radius 2 is 1.96 bits per heavy atom. The molecule has 0 aliphatic carbocycles. The van der Waals surface area contributed by atoms with Gasteiger partial charge in [-0.2, -0.15) is 0 Å². The predicted octanol–water partition coefficient (Wildman–Crippen LogP) is 4.06. The van der Waals surface area contributed by atoms with E-state index in [1.54, 1.807) is 23.4 Å². The number of carbonyl (C=O) groups excluding carboxylic acids is 1. The van der Waals surface area contributed by atoms with Crippen LogP contribution in [0.15, 0.2) is 67.0 Å². The highest BCUT2D eigenvalue weighted by Crippen LogP contribution is 2.18. The van der Waals surface area contributed by atoms with E-state index in [2.05, 4.69) is 15.3 Å². The molecule has 1 amide bonds. The van der Waals surface area contributed by atoms with E-state index >= 15 is 0 Å². The van der Waals surface area contributed by atoms with Gasteiger partial charge in [-0.15, -0.1) is 0 Å². The maximum absolute atomic E-state index is 12.8. The third-order valence-electron chi connectivity index (χ3n) is 4.06.